The highest BCUT2D eigenvalue weighted by molar-refractivity contribution is 14.0. The first-order valence-electron chi connectivity index (χ1n) is 10.2. The molecule has 7 nitrogen and oxygen atoms in total. The van der Waals surface area contributed by atoms with E-state index < -0.39 is 0 Å². The number of hydrogen-bond donors (Lipinski definition) is 2. The topological polar surface area (TPSA) is 65.3 Å². The second kappa shape index (κ2) is 15.1. The first-order valence-corrected chi connectivity index (χ1v) is 10.2. The molecule has 0 saturated carbocycles. The summed E-state index contributed by atoms with van der Waals surface area (Å²) in [6.07, 6.45) is 5.33. The Morgan fingerprint density at radius 1 is 1.32 bits per heavy atom. The van der Waals surface area contributed by atoms with Crippen LogP contribution in [0, 0.1) is 0 Å². The largest absolute Gasteiger partial charge is 0.468 e. The standard InChI is InChI=1S/C20H37N5O2.HI/c1-4-21-20(22-10-14-24(2)11-8-15-26-3)23-17-18(19-9-7-16-27-19)25-12-5-6-13-25;/h7,9,16,18H,4-6,8,10-15,17H2,1-3H3,(H2,21,22,23);1H. The molecule has 28 heavy (non-hydrogen) atoms. The van der Waals surface area contributed by atoms with Gasteiger partial charge in [0.1, 0.15) is 5.76 Å². The Labute approximate surface area is 187 Å². The zero-order valence-electron chi connectivity index (χ0n) is 17.7. The number of aliphatic imine (C=N–C) groups is 1. The lowest BCUT2D eigenvalue weighted by molar-refractivity contribution is 0.180. The molecule has 1 atom stereocenters. The number of nitrogens with zero attached hydrogens (tertiary/aromatic N) is 3. The Morgan fingerprint density at radius 2 is 2.11 bits per heavy atom. The minimum Gasteiger partial charge on any atom is -0.468 e. The number of likely N-dealkylation sites (N-methyl/N-ethyl adjacent to an activating group) is 1. The normalized spacial score (nSPS) is 16.2. The van der Waals surface area contributed by atoms with E-state index in [2.05, 4.69) is 40.5 Å². The summed E-state index contributed by atoms with van der Waals surface area (Å²) in [6, 6.07) is 4.24. The monoisotopic (exact) mass is 507 g/mol. The minimum atomic E-state index is 0. The molecule has 1 saturated heterocycles. The maximum Gasteiger partial charge on any atom is 0.191 e. The number of ether oxygens (including phenoxy) is 1. The van der Waals surface area contributed by atoms with Crippen molar-refractivity contribution in [2.24, 2.45) is 4.99 Å². The summed E-state index contributed by atoms with van der Waals surface area (Å²) in [5.41, 5.74) is 0. The van der Waals surface area contributed by atoms with Gasteiger partial charge in [-0.15, -0.1) is 24.0 Å². The van der Waals surface area contributed by atoms with Gasteiger partial charge < -0.3 is 24.7 Å². The van der Waals surface area contributed by atoms with Gasteiger partial charge in [-0.05, 0) is 58.5 Å². The summed E-state index contributed by atoms with van der Waals surface area (Å²) in [4.78, 5) is 9.63. The first kappa shape index (κ1) is 25.2. The third kappa shape index (κ3) is 9.11. The van der Waals surface area contributed by atoms with Gasteiger partial charge in [-0.3, -0.25) is 9.89 Å². The van der Waals surface area contributed by atoms with Crippen LogP contribution < -0.4 is 10.6 Å². The maximum absolute atomic E-state index is 5.69. The van der Waals surface area contributed by atoms with Gasteiger partial charge in [0, 0.05) is 39.9 Å². The molecule has 0 aliphatic carbocycles. The van der Waals surface area contributed by atoms with E-state index in [-0.39, 0.29) is 30.0 Å². The highest BCUT2D eigenvalue weighted by atomic mass is 127. The van der Waals surface area contributed by atoms with Crippen LogP contribution >= 0.6 is 24.0 Å². The van der Waals surface area contributed by atoms with Crippen LogP contribution in [-0.4, -0.2) is 82.3 Å². The number of rotatable bonds is 12. The quantitative estimate of drug-likeness (QED) is 0.196. The lowest BCUT2D eigenvalue weighted by atomic mass is 10.2. The van der Waals surface area contributed by atoms with Crippen LogP contribution in [0.2, 0.25) is 0 Å². The molecule has 1 aliphatic rings. The highest BCUT2D eigenvalue weighted by Gasteiger charge is 2.25. The highest BCUT2D eigenvalue weighted by Crippen LogP contribution is 2.25. The van der Waals surface area contributed by atoms with Gasteiger partial charge in [-0.2, -0.15) is 0 Å². The molecule has 1 unspecified atom stereocenters. The molecule has 0 aromatic carbocycles. The van der Waals surface area contributed by atoms with Crippen molar-refractivity contribution in [2.45, 2.75) is 32.2 Å². The maximum atomic E-state index is 5.69. The molecule has 1 aromatic heterocycles. The van der Waals surface area contributed by atoms with Gasteiger partial charge in [0.15, 0.2) is 5.96 Å². The van der Waals surface area contributed by atoms with E-state index in [0.29, 0.717) is 6.54 Å². The second-order valence-corrected chi connectivity index (χ2v) is 7.07. The number of nitrogens with one attached hydrogen (secondary N) is 2. The van der Waals surface area contributed by atoms with Crippen molar-refractivity contribution in [1.29, 1.82) is 0 Å². The van der Waals surface area contributed by atoms with Crippen LogP contribution in [-0.2, 0) is 4.74 Å². The van der Waals surface area contributed by atoms with E-state index in [4.69, 9.17) is 14.1 Å². The van der Waals surface area contributed by atoms with Crippen molar-refractivity contribution in [1.82, 2.24) is 20.4 Å². The van der Waals surface area contributed by atoms with E-state index in [9.17, 15) is 0 Å². The molecule has 0 amide bonds. The number of halogens is 1. The third-order valence-corrected chi connectivity index (χ3v) is 4.89. The molecule has 2 N–H and O–H groups in total. The van der Waals surface area contributed by atoms with E-state index in [1.54, 1.807) is 13.4 Å². The van der Waals surface area contributed by atoms with Crippen LogP contribution in [0.1, 0.15) is 38.0 Å². The molecule has 0 spiro atoms. The van der Waals surface area contributed by atoms with Crippen LogP contribution in [0.3, 0.4) is 0 Å². The number of furan rings is 1. The molecule has 1 aromatic rings. The fourth-order valence-electron chi connectivity index (χ4n) is 3.39. The van der Waals surface area contributed by atoms with Gasteiger partial charge in [0.2, 0.25) is 0 Å². The van der Waals surface area contributed by atoms with Crippen LogP contribution in [0.15, 0.2) is 27.8 Å². The average Bonchev–Trinajstić information content (AvgIpc) is 3.36. The van der Waals surface area contributed by atoms with Crippen molar-refractivity contribution >= 4 is 29.9 Å². The molecule has 0 radical (unpaired) electrons. The van der Waals surface area contributed by atoms with Crippen molar-refractivity contribution in [2.75, 3.05) is 66.6 Å². The Hall–Kier alpha value is -0.840. The molecular formula is C20H38IN5O2. The fourth-order valence-corrected chi connectivity index (χ4v) is 3.39. The molecule has 8 heteroatoms. The van der Waals surface area contributed by atoms with Crippen molar-refractivity contribution < 1.29 is 9.15 Å². The summed E-state index contributed by atoms with van der Waals surface area (Å²) in [6.45, 7) is 9.58. The van der Waals surface area contributed by atoms with Crippen LogP contribution in [0.25, 0.3) is 0 Å². The molecule has 1 fully saturated rings. The average molecular weight is 507 g/mol. The molecule has 2 heterocycles. The second-order valence-electron chi connectivity index (χ2n) is 7.07. The molecule has 0 bridgehead atoms. The molecule has 1 aliphatic heterocycles. The van der Waals surface area contributed by atoms with Gasteiger partial charge in [-0.25, -0.2) is 0 Å². The summed E-state index contributed by atoms with van der Waals surface area (Å²) in [5.74, 6) is 1.88. The van der Waals surface area contributed by atoms with E-state index in [0.717, 1.165) is 64.0 Å². The number of methoxy groups -OCH3 is 1. The third-order valence-electron chi connectivity index (χ3n) is 4.89. The Kier molecular flexibility index (Phi) is 13.6. The van der Waals surface area contributed by atoms with Gasteiger partial charge >= 0.3 is 0 Å². The molecular weight excluding hydrogens is 469 g/mol. The van der Waals surface area contributed by atoms with Crippen LogP contribution in [0.4, 0.5) is 0 Å². The van der Waals surface area contributed by atoms with E-state index >= 15 is 0 Å². The van der Waals surface area contributed by atoms with Gasteiger partial charge in [-0.1, -0.05) is 0 Å². The smallest absolute Gasteiger partial charge is 0.191 e. The van der Waals surface area contributed by atoms with Gasteiger partial charge in [0.05, 0.1) is 18.8 Å². The fraction of sp³-hybridized carbons (Fsp3) is 0.750. The van der Waals surface area contributed by atoms with Crippen molar-refractivity contribution in [3.8, 4) is 0 Å². The Morgan fingerprint density at radius 3 is 2.75 bits per heavy atom. The predicted octanol–water partition coefficient (Wildman–Crippen LogP) is 2.56. The Balaban J connectivity index is 0.00000392. The lowest BCUT2D eigenvalue weighted by Gasteiger charge is -2.25. The van der Waals surface area contributed by atoms with Gasteiger partial charge in [0.25, 0.3) is 0 Å². The molecule has 162 valence electrons. The molecule has 2 rings (SSSR count). The minimum absolute atomic E-state index is 0. The van der Waals surface area contributed by atoms with E-state index in [1.807, 2.05) is 6.07 Å². The van der Waals surface area contributed by atoms with Crippen molar-refractivity contribution in [3.05, 3.63) is 24.2 Å². The SMILES string of the molecule is CCNC(=NCC(c1ccco1)N1CCCC1)NCCN(C)CCCOC.I. The van der Waals surface area contributed by atoms with Crippen LogP contribution in [0.5, 0.6) is 0 Å². The number of likely N-dealkylation sites (tertiary alicyclic amines) is 1. The Bertz CT molecular complexity index is 521. The first-order chi connectivity index (χ1) is 13.2. The lowest BCUT2D eigenvalue weighted by Crippen LogP contribution is -2.41. The van der Waals surface area contributed by atoms with Crippen molar-refractivity contribution in [3.63, 3.8) is 0 Å². The summed E-state index contributed by atoms with van der Waals surface area (Å²) < 4.78 is 10.8. The zero-order valence-corrected chi connectivity index (χ0v) is 20.0. The summed E-state index contributed by atoms with van der Waals surface area (Å²) >= 11 is 0. The predicted molar refractivity (Wildman–Crippen MR) is 126 cm³/mol. The summed E-state index contributed by atoms with van der Waals surface area (Å²) in [5, 5.41) is 6.80. The number of hydrogen-bond acceptors (Lipinski definition) is 5. The zero-order chi connectivity index (χ0) is 19.3. The van der Waals surface area contributed by atoms with E-state index in [1.165, 1.54) is 12.8 Å². The number of guanidine groups is 1. The summed E-state index contributed by atoms with van der Waals surface area (Å²) in [7, 11) is 3.89.